The molecule has 0 saturated carbocycles. The molecule has 3 heterocycles. The van der Waals surface area contributed by atoms with Crippen molar-refractivity contribution < 1.29 is 9.53 Å². The number of carbonyl (C=O) groups is 1. The van der Waals surface area contributed by atoms with E-state index in [9.17, 15) is 4.79 Å². The molecule has 0 bridgehead atoms. The van der Waals surface area contributed by atoms with E-state index in [2.05, 4.69) is 10.3 Å². The lowest BCUT2D eigenvalue weighted by Crippen LogP contribution is -2.27. The number of nitrogens with zero attached hydrogens (tertiary/aromatic N) is 2. The number of nitrogens with one attached hydrogen (secondary N) is 1. The molecule has 2 aromatic heterocycles. The third-order valence-electron chi connectivity index (χ3n) is 4.71. The van der Waals surface area contributed by atoms with Crippen LogP contribution in [0.5, 0.6) is 0 Å². The molecule has 5 heteroatoms. The van der Waals surface area contributed by atoms with Crippen LogP contribution < -0.4 is 5.32 Å². The van der Waals surface area contributed by atoms with Crippen molar-refractivity contribution in [2.75, 3.05) is 13.2 Å². The van der Waals surface area contributed by atoms with Crippen molar-refractivity contribution in [3.05, 3.63) is 60.4 Å². The maximum Gasteiger partial charge on any atom is 0.252 e. The summed E-state index contributed by atoms with van der Waals surface area (Å²) in [5.41, 5.74) is 3.18. The predicted molar refractivity (Wildman–Crippen MR) is 101 cm³/mol. The zero-order chi connectivity index (χ0) is 17.8. The Morgan fingerprint density at radius 1 is 1.19 bits per heavy atom. The molecule has 5 nitrogen and oxygen atoms in total. The minimum Gasteiger partial charge on any atom is -0.378 e. The fourth-order valence-electron chi connectivity index (χ4n) is 3.35. The molecule has 4 rings (SSSR count). The van der Waals surface area contributed by atoms with Gasteiger partial charge in [-0.05, 0) is 43.5 Å². The van der Waals surface area contributed by atoms with Crippen molar-refractivity contribution in [3.8, 4) is 11.3 Å². The Bertz CT molecular complexity index is 906. The Labute approximate surface area is 152 Å². The van der Waals surface area contributed by atoms with Crippen LogP contribution in [0.2, 0.25) is 0 Å². The Hall–Kier alpha value is -2.79. The zero-order valence-electron chi connectivity index (χ0n) is 14.5. The van der Waals surface area contributed by atoms with E-state index in [1.165, 1.54) is 0 Å². The van der Waals surface area contributed by atoms with Gasteiger partial charge in [-0.15, -0.1) is 0 Å². The fourth-order valence-corrected chi connectivity index (χ4v) is 3.35. The summed E-state index contributed by atoms with van der Waals surface area (Å²) in [5.74, 6) is -0.0723. The molecule has 1 N–H and O–H groups in total. The molecular weight excluding hydrogens is 326 g/mol. The topological polar surface area (TPSA) is 64.1 Å². The van der Waals surface area contributed by atoms with E-state index in [0.29, 0.717) is 12.1 Å². The number of fused-ring (bicyclic) bond motifs is 1. The quantitative estimate of drug-likeness (QED) is 0.766. The van der Waals surface area contributed by atoms with Gasteiger partial charge in [0.1, 0.15) is 0 Å². The Balaban J connectivity index is 1.61. The second kappa shape index (κ2) is 7.62. The van der Waals surface area contributed by atoms with Crippen molar-refractivity contribution in [2.45, 2.75) is 25.4 Å². The van der Waals surface area contributed by atoms with Crippen molar-refractivity contribution in [1.29, 1.82) is 0 Å². The van der Waals surface area contributed by atoms with Crippen molar-refractivity contribution in [2.24, 2.45) is 0 Å². The highest BCUT2D eigenvalue weighted by molar-refractivity contribution is 6.07. The molecule has 0 spiro atoms. The molecule has 1 amide bonds. The van der Waals surface area contributed by atoms with Gasteiger partial charge in [-0.25, -0.2) is 4.98 Å². The summed E-state index contributed by atoms with van der Waals surface area (Å²) in [6.07, 6.45) is 6.79. The lowest BCUT2D eigenvalue weighted by Gasteiger charge is -2.12. The number of para-hydroxylation sites is 1. The SMILES string of the molecule is O=C(NCCC1CCCO1)c1cc(-c2ccncc2)nc2ccccc12. The molecule has 132 valence electrons. The van der Waals surface area contributed by atoms with E-state index in [1.807, 2.05) is 42.5 Å². The van der Waals surface area contributed by atoms with E-state index in [0.717, 1.165) is 48.0 Å². The van der Waals surface area contributed by atoms with Gasteiger partial charge in [0, 0.05) is 36.5 Å². The van der Waals surface area contributed by atoms with E-state index in [1.54, 1.807) is 12.4 Å². The number of hydrogen-bond acceptors (Lipinski definition) is 4. The van der Waals surface area contributed by atoms with E-state index in [4.69, 9.17) is 9.72 Å². The van der Waals surface area contributed by atoms with Gasteiger partial charge in [0.15, 0.2) is 0 Å². The van der Waals surface area contributed by atoms with Gasteiger partial charge in [0.25, 0.3) is 5.91 Å². The number of rotatable bonds is 5. The van der Waals surface area contributed by atoms with Gasteiger partial charge < -0.3 is 10.1 Å². The first kappa shape index (κ1) is 16.7. The Morgan fingerprint density at radius 2 is 2.04 bits per heavy atom. The maximum absolute atomic E-state index is 12.8. The number of aromatic nitrogens is 2. The van der Waals surface area contributed by atoms with Crippen LogP contribution in [-0.4, -0.2) is 35.1 Å². The molecule has 0 aliphatic carbocycles. The minimum absolute atomic E-state index is 0.0723. The number of pyridine rings is 2. The molecule has 26 heavy (non-hydrogen) atoms. The van der Waals surface area contributed by atoms with Crippen LogP contribution >= 0.6 is 0 Å². The van der Waals surface area contributed by atoms with E-state index in [-0.39, 0.29) is 12.0 Å². The second-order valence-corrected chi connectivity index (χ2v) is 6.49. The van der Waals surface area contributed by atoms with Crippen LogP contribution in [0.4, 0.5) is 0 Å². The third kappa shape index (κ3) is 3.58. The van der Waals surface area contributed by atoms with Crippen LogP contribution in [0.3, 0.4) is 0 Å². The average molecular weight is 347 g/mol. The van der Waals surface area contributed by atoms with Crippen LogP contribution in [0, 0.1) is 0 Å². The van der Waals surface area contributed by atoms with Crippen LogP contribution in [-0.2, 0) is 4.74 Å². The maximum atomic E-state index is 12.8. The normalized spacial score (nSPS) is 16.7. The number of ether oxygens (including phenoxy) is 1. The first-order chi connectivity index (χ1) is 12.8. The van der Waals surface area contributed by atoms with E-state index >= 15 is 0 Å². The van der Waals surface area contributed by atoms with Gasteiger partial charge in [0.05, 0.1) is 22.9 Å². The van der Waals surface area contributed by atoms with Gasteiger partial charge in [-0.1, -0.05) is 18.2 Å². The molecule has 0 radical (unpaired) electrons. The summed E-state index contributed by atoms with van der Waals surface area (Å²) in [5, 5.41) is 3.90. The summed E-state index contributed by atoms with van der Waals surface area (Å²) in [7, 11) is 0. The number of benzene rings is 1. The largest absolute Gasteiger partial charge is 0.378 e. The molecular formula is C21H21N3O2. The van der Waals surface area contributed by atoms with Gasteiger partial charge in [-0.2, -0.15) is 0 Å². The van der Waals surface area contributed by atoms with Gasteiger partial charge >= 0.3 is 0 Å². The van der Waals surface area contributed by atoms with Crippen molar-refractivity contribution in [3.63, 3.8) is 0 Å². The third-order valence-corrected chi connectivity index (χ3v) is 4.71. The molecule has 1 aliphatic rings. The van der Waals surface area contributed by atoms with Crippen molar-refractivity contribution in [1.82, 2.24) is 15.3 Å². The van der Waals surface area contributed by atoms with Crippen LogP contribution in [0.1, 0.15) is 29.6 Å². The first-order valence-electron chi connectivity index (χ1n) is 9.01. The summed E-state index contributed by atoms with van der Waals surface area (Å²) in [6.45, 7) is 1.45. The fraction of sp³-hybridized carbons (Fsp3) is 0.286. The standard InChI is InChI=1S/C21H21N3O2/c25-21(23-12-9-16-4-3-13-26-16)18-14-20(15-7-10-22-11-8-15)24-19-6-2-1-5-17(18)19/h1-2,5-8,10-11,14,16H,3-4,9,12-13H2,(H,23,25). The smallest absolute Gasteiger partial charge is 0.252 e. The summed E-state index contributed by atoms with van der Waals surface area (Å²) >= 11 is 0. The molecule has 1 aliphatic heterocycles. The highest BCUT2D eigenvalue weighted by Crippen LogP contribution is 2.24. The molecule has 3 aromatic rings. The molecule has 1 aromatic carbocycles. The van der Waals surface area contributed by atoms with Crippen LogP contribution in [0.25, 0.3) is 22.2 Å². The van der Waals surface area contributed by atoms with Crippen molar-refractivity contribution >= 4 is 16.8 Å². The second-order valence-electron chi connectivity index (χ2n) is 6.49. The zero-order valence-corrected chi connectivity index (χ0v) is 14.5. The number of amides is 1. The summed E-state index contributed by atoms with van der Waals surface area (Å²) < 4.78 is 5.62. The van der Waals surface area contributed by atoms with E-state index < -0.39 is 0 Å². The Morgan fingerprint density at radius 3 is 2.85 bits per heavy atom. The van der Waals surface area contributed by atoms with Gasteiger partial charge in [0.2, 0.25) is 0 Å². The highest BCUT2D eigenvalue weighted by Gasteiger charge is 2.17. The molecule has 1 fully saturated rings. The average Bonchev–Trinajstić information content (AvgIpc) is 3.21. The number of carbonyl (C=O) groups excluding carboxylic acids is 1. The van der Waals surface area contributed by atoms with Crippen LogP contribution in [0.15, 0.2) is 54.9 Å². The number of hydrogen-bond donors (Lipinski definition) is 1. The first-order valence-corrected chi connectivity index (χ1v) is 9.01. The molecule has 1 atom stereocenters. The summed E-state index contributed by atoms with van der Waals surface area (Å²) in [4.78, 5) is 21.6. The monoisotopic (exact) mass is 347 g/mol. The Kier molecular flexibility index (Phi) is 4.88. The lowest BCUT2D eigenvalue weighted by atomic mass is 10.0. The highest BCUT2D eigenvalue weighted by atomic mass is 16.5. The lowest BCUT2D eigenvalue weighted by molar-refractivity contribution is 0.0908. The molecule has 1 unspecified atom stereocenters. The summed E-state index contributed by atoms with van der Waals surface area (Å²) in [6, 6.07) is 13.4. The molecule has 1 saturated heterocycles. The van der Waals surface area contributed by atoms with Gasteiger partial charge in [-0.3, -0.25) is 9.78 Å². The predicted octanol–water partition coefficient (Wildman–Crippen LogP) is 3.60. The minimum atomic E-state index is -0.0723.